The van der Waals surface area contributed by atoms with Gasteiger partial charge in [-0.3, -0.25) is 4.99 Å². The Labute approximate surface area is 117 Å². The molecule has 5 heteroatoms. The van der Waals surface area contributed by atoms with Gasteiger partial charge in [0, 0.05) is 19.2 Å². The molecular formula is C13H16Cl2N2O. The van der Waals surface area contributed by atoms with Crippen molar-refractivity contribution in [2.24, 2.45) is 4.99 Å². The Balaban J connectivity index is 2.30. The van der Waals surface area contributed by atoms with Gasteiger partial charge in [0.2, 0.25) is 0 Å². The van der Waals surface area contributed by atoms with E-state index in [0.717, 1.165) is 30.9 Å². The summed E-state index contributed by atoms with van der Waals surface area (Å²) < 4.78 is 5.54. The van der Waals surface area contributed by atoms with E-state index in [4.69, 9.17) is 27.9 Å². The molecule has 0 unspecified atom stereocenters. The highest BCUT2D eigenvalue weighted by molar-refractivity contribution is 6.37. The van der Waals surface area contributed by atoms with Crippen molar-refractivity contribution in [1.29, 1.82) is 0 Å². The Hall–Kier alpha value is -0.930. The number of benzene rings is 1. The van der Waals surface area contributed by atoms with E-state index in [0.29, 0.717) is 22.4 Å². The number of halogens is 2. The van der Waals surface area contributed by atoms with E-state index < -0.39 is 0 Å². The fraction of sp³-hybridized carbons (Fsp3) is 0.462. The predicted molar refractivity (Wildman–Crippen MR) is 76.3 cm³/mol. The molecule has 3 nitrogen and oxygen atoms in total. The van der Waals surface area contributed by atoms with Crippen LogP contribution in [0.1, 0.15) is 18.9 Å². The second-order valence-electron chi connectivity index (χ2n) is 4.24. The van der Waals surface area contributed by atoms with Gasteiger partial charge in [0.05, 0.1) is 23.2 Å². The third-order valence-electron chi connectivity index (χ3n) is 2.77. The third kappa shape index (κ3) is 2.73. The molecule has 0 amide bonds. The molecule has 0 N–H and O–H groups in total. The van der Waals surface area contributed by atoms with Gasteiger partial charge in [-0.15, -0.1) is 0 Å². The summed E-state index contributed by atoms with van der Waals surface area (Å²) >= 11 is 12.4. The molecule has 0 aliphatic carbocycles. The molecule has 18 heavy (non-hydrogen) atoms. The normalized spacial score (nSPS) is 14.9. The zero-order valence-electron chi connectivity index (χ0n) is 10.5. The minimum absolute atomic E-state index is 0.536. The third-order valence-corrected chi connectivity index (χ3v) is 3.33. The maximum absolute atomic E-state index is 6.21. The van der Waals surface area contributed by atoms with E-state index in [-0.39, 0.29) is 0 Å². The summed E-state index contributed by atoms with van der Waals surface area (Å²) in [6, 6.07) is 3.72. The average molecular weight is 287 g/mol. The van der Waals surface area contributed by atoms with E-state index in [1.165, 1.54) is 0 Å². The molecule has 0 fully saturated rings. The van der Waals surface area contributed by atoms with Gasteiger partial charge in [0.25, 0.3) is 0 Å². The highest BCUT2D eigenvalue weighted by Gasteiger charge is 2.18. The summed E-state index contributed by atoms with van der Waals surface area (Å²) in [4.78, 5) is 6.54. The zero-order chi connectivity index (χ0) is 13.1. The van der Waals surface area contributed by atoms with Crippen molar-refractivity contribution >= 4 is 29.0 Å². The summed E-state index contributed by atoms with van der Waals surface area (Å²) in [7, 11) is 2.01. The quantitative estimate of drug-likeness (QED) is 0.847. The molecule has 0 spiro atoms. The number of nitrogens with zero attached hydrogens (tertiary/aromatic N) is 2. The second-order valence-corrected chi connectivity index (χ2v) is 5.06. The van der Waals surface area contributed by atoms with Crippen LogP contribution in [-0.4, -0.2) is 37.5 Å². The molecule has 0 radical (unpaired) electrons. The van der Waals surface area contributed by atoms with Gasteiger partial charge in [-0.05, 0) is 18.6 Å². The number of ether oxygens (including phenoxy) is 1. The first-order valence-electron chi connectivity index (χ1n) is 6.01. The lowest BCUT2D eigenvalue weighted by Gasteiger charge is -2.16. The first-order valence-corrected chi connectivity index (χ1v) is 6.77. The molecule has 0 bridgehead atoms. The Morgan fingerprint density at radius 1 is 1.33 bits per heavy atom. The highest BCUT2D eigenvalue weighted by Crippen LogP contribution is 2.35. The van der Waals surface area contributed by atoms with Gasteiger partial charge in [0.15, 0.2) is 5.75 Å². The fourth-order valence-corrected chi connectivity index (χ4v) is 2.47. The van der Waals surface area contributed by atoms with E-state index >= 15 is 0 Å². The first-order chi connectivity index (χ1) is 8.63. The van der Waals surface area contributed by atoms with Crippen LogP contribution in [0.3, 0.4) is 0 Å². The van der Waals surface area contributed by atoms with Crippen molar-refractivity contribution in [3.8, 4) is 5.75 Å². The summed E-state index contributed by atoms with van der Waals surface area (Å²) in [6.45, 7) is 4.39. The van der Waals surface area contributed by atoms with Gasteiger partial charge in [-0.2, -0.15) is 0 Å². The number of rotatable bonds is 4. The van der Waals surface area contributed by atoms with Crippen molar-refractivity contribution in [3.05, 3.63) is 27.7 Å². The lowest BCUT2D eigenvalue weighted by Crippen LogP contribution is -2.23. The van der Waals surface area contributed by atoms with Crippen LogP contribution < -0.4 is 4.74 Å². The molecule has 0 saturated carbocycles. The van der Waals surface area contributed by atoms with Crippen molar-refractivity contribution in [3.63, 3.8) is 0 Å². The molecule has 1 aromatic rings. The van der Waals surface area contributed by atoms with Crippen LogP contribution in [-0.2, 0) is 0 Å². The zero-order valence-corrected chi connectivity index (χ0v) is 12.1. The van der Waals surface area contributed by atoms with E-state index in [1.54, 1.807) is 0 Å². The summed E-state index contributed by atoms with van der Waals surface area (Å²) in [6.07, 6.45) is 0.920. The van der Waals surface area contributed by atoms with E-state index in [1.807, 2.05) is 26.1 Å². The Morgan fingerprint density at radius 2 is 2.00 bits per heavy atom. The Morgan fingerprint density at radius 3 is 2.50 bits per heavy atom. The minimum Gasteiger partial charge on any atom is -0.490 e. The molecule has 1 aliphatic heterocycles. The molecule has 0 atom stereocenters. The highest BCUT2D eigenvalue weighted by atomic mass is 35.5. The number of amidine groups is 1. The molecule has 98 valence electrons. The maximum Gasteiger partial charge on any atom is 0.156 e. The summed E-state index contributed by atoms with van der Waals surface area (Å²) in [5, 5.41) is 1.07. The van der Waals surface area contributed by atoms with Crippen LogP contribution in [0.4, 0.5) is 0 Å². The van der Waals surface area contributed by atoms with Crippen LogP contribution in [0.5, 0.6) is 5.75 Å². The van der Waals surface area contributed by atoms with Gasteiger partial charge >= 0.3 is 0 Å². The lowest BCUT2D eigenvalue weighted by molar-refractivity contribution is 0.318. The lowest BCUT2D eigenvalue weighted by atomic mass is 10.2. The molecular weight excluding hydrogens is 271 g/mol. The van der Waals surface area contributed by atoms with E-state index in [2.05, 4.69) is 9.89 Å². The van der Waals surface area contributed by atoms with Crippen LogP contribution >= 0.6 is 23.2 Å². The standard InChI is InChI=1S/C13H16Cl2N2O/c1-3-6-18-12-10(14)7-9(8-11(12)15)13-16-4-5-17(13)2/h7-8H,3-6H2,1-2H3. The first kappa shape index (κ1) is 13.5. The van der Waals surface area contributed by atoms with Crippen LogP contribution in [0.15, 0.2) is 17.1 Å². The van der Waals surface area contributed by atoms with Crippen LogP contribution in [0.25, 0.3) is 0 Å². The van der Waals surface area contributed by atoms with Gasteiger partial charge in [-0.25, -0.2) is 0 Å². The number of hydrogen-bond donors (Lipinski definition) is 0. The van der Waals surface area contributed by atoms with Gasteiger partial charge in [-0.1, -0.05) is 30.1 Å². The second kappa shape index (κ2) is 5.81. The van der Waals surface area contributed by atoms with E-state index in [9.17, 15) is 0 Å². The van der Waals surface area contributed by atoms with Crippen LogP contribution in [0, 0.1) is 0 Å². The Bertz CT molecular complexity index is 451. The molecule has 1 aliphatic rings. The topological polar surface area (TPSA) is 24.8 Å². The molecule has 0 aromatic heterocycles. The smallest absolute Gasteiger partial charge is 0.156 e. The molecule has 2 rings (SSSR count). The van der Waals surface area contributed by atoms with Crippen molar-refractivity contribution < 1.29 is 4.74 Å². The van der Waals surface area contributed by atoms with Gasteiger partial charge in [0.1, 0.15) is 5.84 Å². The van der Waals surface area contributed by atoms with Crippen molar-refractivity contribution in [2.75, 3.05) is 26.7 Å². The largest absolute Gasteiger partial charge is 0.490 e. The number of likely N-dealkylation sites (N-methyl/N-ethyl adjacent to an activating group) is 1. The van der Waals surface area contributed by atoms with Gasteiger partial charge < -0.3 is 9.64 Å². The fourth-order valence-electron chi connectivity index (χ4n) is 1.88. The molecule has 1 aromatic carbocycles. The average Bonchev–Trinajstić information content (AvgIpc) is 2.74. The monoisotopic (exact) mass is 286 g/mol. The summed E-state index contributed by atoms with van der Waals surface area (Å²) in [5.74, 6) is 1.49. The van der Waals surface area contributed by atoms with Crippen LogP contribution in [0.2, 0.25) is 10.0 Å². The summed E-state index contributed by atoms with van der Waals surface area (Å²) in [5.41, 5.74) is 0.939. The Kier molecular flexibility index (Phi) is 4.36. The van der Waals surface area contributed by atoms with Crippen molar-refractivity contribution in [1.82, 2.24) is 4.90 Å². The number of aliphatic imine (C=N–C) groups is 1. The van der Waals surface area contributed by atoms with Crippen molar-refractivity contribution in [2.45, 2.75) is 13.3 Å². The predicted octanol–water partition coefficient (Wildman–Crippen LogP) is 3.47. The number of hydrogen-bond acceptors (Lipinski definition) is 3. The minimum atomic E-state index is 0.536. The SMILES string of the molecule is CCCOc1c(Cl)cc(C2=NCCN2C)cc1Cl. The molecule has 1 heterocycles. The molecule has 0 saturated heterocycles. The maximum atomic E-state index is 6.21.